The minimum atomic E-state index is 0.259. The van der Waals surface area contributed by atoms with E-state index in [1.165, 1.54) is 6.42 Å². The van der Waals surface area contributed by atoms with Crippen molar-refractivity contribution in [2.45, 2.75) is 46.6 Å². The molecule has 1 saturated heterocycles. The molecule has 0 aromatic rings. The number of ether oxygens (including phenoxy) is 1. The molecule has 1 rings (SSSR count). The van der Waals surface area contributed by atoms with Crippen molar-refractivity contribution in [2.75, 3.05) is 13.2 Å². The summed E-state index contributed by atoms with van der Waals surface area (Å²) in [5.74, 6) is 2.28. The van der Waals surface area contributed by atoms with Gasteiger partial charge in [-0.25, -0.2) is 0 Å². The molecule has 1 heterocycles. The van der Waals surface area contributed by atoms with E-state index in [0.29, 0.717) is 17.8 Å². The molecule has 1 unspecified atom stereocenters. The fourth-order valence-corrected chi connectivity index (χ4v) is 2.47. The molecule has 4 atom stereocenters. The Balaban J connectivity index is 2.47. The van der Waals surface area contributed by atoms with Gasteiger partial charge in [0, 0.05) is 12.5 Å². The van der Waals surface area contributed by atoms with E-state index in [4.69, 9.17) is 4.74 Å². The third-order valence-corrected chi connectivity index (χ3v) is 4.05. The van der Waals surface area contributed by atoms with Crippen LogP contribution in [0.15, 0.2) is 0 Å². The lowest BCUT2D eigenvalue weighted by molar-refractivity contribution is 0.0153. The molecule has 0 aromatic heterocycles. The lowest BCUT2D eigenvalue weighted by Gasteiger charge is -2.24. The van der Waals surface area contributed by atoms with Gasteiger partial charge in [-0.05, 0) is 24.2 Å². The third-order valence-electron chi connectivity index (χ3n) is 4.05. The largest absolute Gasteiger partial charge is 0.396 e. The van der Waals surface area contributed by atoms with Crippen LogP contribution in [0.3, 0.4) is 0 Å². The van der Waals surface area contributed by atoms with Crippen LogP contribution < -0.4 is 0 Å². The fraction of sp³-hybridized carbons (Fsp3) is 1.00. The zero-order chi connectivity index (χ0) is 11.4. The van der Waals surface area contributed by atoms with Gasteiger partial charge in [0.2, 0.25) is 0 Å². The summed E-state index contributed by atoms with van der Waals surface area (Å²) >= 11 is 0. The molecule has 0 spiro atoms. The maximum absolute atomic E-state index is 9.36. The monoisotopic (exact) mass is 214 g/mol. The van der Waals surface area contributed by atoms with Gasteiger partial charge in [-0.15, -0.1) is 0 Å². The maximum atomic E-state index is 9.36. The summed E-state index contributed by atoms with van der Waals surface area (Å²) < 4.78 is 5.84. The Labute approximate surface area is 94.0 Å². The molecule has 0 aromatic carbocycles. The number of aliphatic hydroxyl groups is 1. The molecule has 1 aliphatic rings. The molecule has 1 aliphatic heterocycles. The van der Waals surface area contributed by atoms with E-state index in [0.717, 1.165) is 18.9 Å². The smallest absolute Gasteiger partial charge is 0.0631 e. The zero-order valence-corrected chi connectivity index (χ0v) is 10.6. The predicted octanol–water partition coefficient (Wildman–Crippen LogP) is 2.70. The van der Waals surface area contributed by atoms with Crippen LogP contribution in [-0.2, 0) is 4.74 Å². The van der Waals surface area contributed by atoms with Crippen LogP contribution >= 0.6 is 0 Å². The van der Waals surface area contributed by atoms with Crippen molar-refractivity contribution < 1.29 is 9.84 Å². The van der Waals surface area contributed by atoms with Crippen molar-refractivity contribution in [1.82, 2.24) is 0 Å². The van der Waals surface area contributed by atoms with Gasteiger partial charge in [0.25, 0.3) is 0 Å². The molecule has 15 heavy (non-hydrogen) atoms. The molecule has 1 fully saturated rings. The predicted molar refractivity (Wildman–Crippen MR) is 62.7 cm³/mol. The van der Waals surface area contributed by atoms with Crippen molar-refractivity contribution in [2.24, 2.45) is 23.7 Å². The molecule has 2 nitrogen and oxygen atoms in total. The standard InChI is InChI=1S/C13H26O2/c1-5-10(4)11-6-13(15-8-11)12(7-14)9(2)3/h9-14H,5-8H2,1-4H3/t10-,11+,12?,13+/m1/s1. The summed E-state index contributed by atoms with van der Waals surface area (Å²) in [7, 11) is 0. The minimum absolute atomic E-state index is 0.259. The van der Waals surface area contributed by atoms with E-state index in [1.807, 2.05) is 0 Å². The van der Waals surface area contributed by atoms with E-state index < -0.39 is 0 Å². The van der Waals surface area contributed by atoms with Crippen molar-refractivity contribution in [3.63, 3.8) is 0 Å². The normalized spacial score (nSPS) is 30.8. The van der Waals surface area contributed by atoms with Gasteiger partial charge in [-0.2, -0.15) is 0 Å². The Hall–Kier alpha value is -0.0800. The van der Waals surface area contributed by atoms with Crippen LogP contribution in [0, 0.1) is 23.7 Å². The first-order valence-corrected chi connectivity index (χ1v) is 6.32. The summed E-state index contributed by atoms with van der Waals surface area (Å²) in [6, 6.07) is 0. The van der Waals surface area contributed by atoms with E-state index in [2.05, 4.69) is 27.7 Å². The number of hydrogen-bond donors (Lipinski definition) is 1. The van der Waals surface area contributed by atoms with Crippen molar-refractivity contribution in [1.29, 1.82) is 0 Å². The zero-order valence-electron chi connectivity index (χ0n) is 10.6. The molecule has 0 radical (unpaired) electrons. The molecular formula is C13H26O2. The van der Waals surface area contributed by atoms with Crippen LogP contribution in [-0.4, -0.2) is 24.4 Å². The molecule has 0 saturated carbocycles. The van der Waals surface area contributed by atoms with Crippen LogP contribution in [0.2, 0.25) is 0 Å². The van der Waals surface area contributed by atoms with Crippen LogP contribution in [0.5, 0.6) is 0 Å². The average molecular weight is 214 g/mol. The van der Waals surface area contributed by atoms with Crippen molar-refractivity contribution >= 4 is 0 Å². The Kier molecular flexibility index (Phi) is 5.07. The quantitative estimate of drug-likeness (QED) is 0.762. The lowest BCUT2D eigenvalue weighted by atomic mass is 9.83. The maximum Gasteiger partial charge on any atom is 0.0631 e. The van der Waals surface area contributed by atoms with E-state index in [-0.39, 0.29) is 12.7 Å². The Morgan fingerprint density at radius 1 is 1.33 bits per heavy atom. The van der Waals surface area contributed by atoms with Gasteiger partial charge in [0.15, 0.2) is 0 Å². The van der Waals surface area contributed by atoms with Crippen LogP contribution in [0.1, 0.15) is 40.5 Å². The van der Waals surface area contributed by atoms with Crippen molar-refractivity contribution in [3.8, 4) is 0 Å². The highest BCUT2D eigenvalue weighted by atomic mass is 16.5. The van der Waals surface area contributed by atoms with Crippen LogP contribution in [0.4, 0.5) is 0 Å². The number of rotatable bonds is 5. The summed E-state index contributed by atoms with van der Waals surface area (Å²) in [4.78, 5) is 0. The van der Waals surface area contributed by atoms with Gasteiger partial charge in [0.1, 0.15) is 0 Å². The first-order chi connectivity index (χ1) is 7.10. The van der Waals surface area contributed by atoms with Crippen molar-refractivity contribution in [3.05, 3.63) is 0 Å². The number of hydrogen-bond acceptors (Lipinski definition) is 2. The highest BCUT2D eigenvalue weighted by Gasteiger charge is 2.34. The number of aliphatic hydroxyl groups excluding tert-OH is 1. The van der Waals surface area contributed by atoms with Gasteiger partial charge in [-0.1, -0.05) is 34.1 Å². The van der Waals surface area contributed by atoms with Gasteiger partial charge in [0.05, 0.1) is 12.7 Å². The van der Waals surface area contributed by atoms with Crippen LogP contribution in [0.25, 0.3) is 0 Å². The topological polar surface area (TPSA) is 29.5 Å². The van der Waals surface area contributed by atoms with E-state index in [1.54, 1.807) is 0 Å². The lowest BCUT2D eigenvalue weighted by Crippen LogP contribution is -2.28. The van der Waals surface area contributed by atoms with Gasteiger partial charge < -0.3 is 9.84 Å². The highest BCUT2D eigenvalue weighted by molar-refractivity contribution is 4.82. The minimum Gasteiger partial charge on any atom is -0.396 e. The molecule has 90 valence electrons. The van der Waals surface area contributed by atoms with Gasteiger partial charge in [-0.3, -0.25) is 0 Å². The highest BCUT2D eigenvalue weighted by Crippen LogP contribution is 2.33. The molecule has 0 bridgehead atoms. The summed E-state index contributed by atoms with van der Waals surface area (Å²) in [5.41, 5.74) is 0. The molecule has 1 N–H and O–H groups in total. The third kappa shape index (κ3) is 3.18. The summed E-state index contributed by atoms with van der Waals surface area (Å²) in [6.07, 6.45) is 2.65. The summed E-state index contributed by atoms with van der Waals surface area (Å²) in [6.45, 7) is 10.0. The SMILES string of the molecule is CC[C@@H](C)[C@@H]1CO[C@H](C(CO)C(C)C)C1. The molecule has 2 heteroatoms. The second-order valence-corrected chi connectivity index (χ2v) is 5.34. The fourth-order valence-electron chi connectivity index (χ4n) is 2.47. The second kappa shape index (κ2) is 5.86. The van der Waals surface area contributed by atoms with E-state index in [9.17, 15) is 5.11 Å². The first kappa shape index (κ1) is 13.0. The molecular weight excluding hydrogens is 188 g/mol. The summed E-state index contributed by atoms with van der Waals surface area (Å²) in [5, 5.41) is 9.36. The van der Waals surface area contributed by atoms with Gasteiger partial charge >= 0.3 is 0 Å². The molecule has 0 amide bonds. The average Bonchev–Trinajstić information content (AvgIpc) is 2.66. The Morgan fingerprint density at radius 3 is 2.47 bits per heavy atom. The Bertz CT molecular complexity index is 179. The van der Waals surface area contributed by atoms with E-state index >= 15 is 0 Å². The first-order valence-electron chi connectivity index (χ1n) is 6.32. The molecule has 0 aliphatic carbocycles. The Morgan fingerprint density at radius 2 is 2.00 bits per heavy atom. The second-order valence-electron chi connectivity index (χ2n) is 5.34.